The Balaban J connectivity index is 3.69. The molecular weight excluding hydrogens is 327 g/mol. The highest BCUT2D eigenvalue weighted by Crippen LogP contribution is 2.15. The number of alkyl halides is 2. The van der Waals surface area contributed by atoms with Crippen LogP contribution in [0.1, 0.15) is 65.2 Å². The molecule has 0 aliphatic rings. The number of carbonyl (C=O) groups is 2. The van der Waals surface area contributed by atoms with E-state index in [1.54, 1.807) is 0 Å². The zero-order valence-electron chi connectivity index (χ0n) is 13.6. The van der Waals surface area contributed by atoms with Crippen molar-refractivity contribution in [2.75, 3.05) is 13.2 Å². The molecule has 0 N–H and O–H groups in total. The fourth-order valence-electron chi connectivity index (χ4n) is 1.70. The second-order valence-electron chi connectivity index (χ2n) is 5.26. The number of hydrogen-bond acceptors (Lipinski definition) is 4. The van der Waals surface area contributed by atoms with Crippen molar-refractivity contribution in [2.45, 2.75) is 76.0 Å². The average molecular weight is 355 g/mol. The number of rotatable bonds is 13. The predicted molar refractivity (Wildman–Crippen MR) is 89.5 cm³/mol. The molecule has 0 fully saturated rings. The van der Waals surface area contributed by atoms with Gasteiger partial charge in [0.1, 0.15) is 10.8 Å². The van der Waals surface area contributed by atoms with Gasteiger partial charge in [0.15, 0.2) is 0 Å². The van der Waals surface area contributed by atoms with Gasteiger partial charge in [-0.15, -0.1) is 23.2 Å². The van der Waals surface area contributed by atoms with Gasteiger partial charge in [0, 0.05) is 0 Å². The van der Waals surface area contributed by atoms with Crippen LogP contribution in [-0.4, -0.2) is 35.9 Å². The third kappa shape index (κ3) is 11.1. The highest BCUT2D eigenvalue weighted by Gasteiger charge is 2.19. The van der Waals surface area contributed by atoms with Crippen molar-refractivity contribution in [2.24, 2.45) is 0 Å². The van der Waals surface area contributed by atoms with Crippen LogP contribution in [0.3, 0.4) is 0 Å². The number of hydrogen-bond donors (Lipinski definition) is 0. The molecule has 0 spiro atoms. The molecular formula is C16H28Cl2O4. The summed E-state index contributed by atoms with van der Waals surface area (Å²) in [5.74, 6) is -0.729. The summed E-state index contributed by atoms with van der Waals surface area (Å²) in [7, 11) is 0. The summed E-state index contributed by atoms with van der Waals surface area (Å²) in [6.45, 7) is 4.90. The summed E-state index contributed by atoms with van der Waals surface area (Å²) in [6.07, 6.45) is 6.16. The van der Waals surface area contributed by atoms with Gasteiger partial charge in [-0.3, -0.25) is 9.59 Å². The second kappa shape index (κ2) is 14.1. The van der Waals surface area contributed by atoms with E-state index in [-0.39, 0.29) is 11.9 Å². The minimum absolute atomic E-state index is 0.364. The van der Waals surface area contributed by atoms with Gasteiger partial charge in [-0.1, -0.05) is 39.5 Å². The van der Waals surface area contributed by atoms with Gasteiger partial charge in [-0.25, -0.2) is 0 Å². The minimum atomic E-state index is -0.623. The zero-order valence-corrected chi connectivity index (χ0v) is 15.1. The van der Waals surface area contributed by atoms with Gasteiger partial charge in [0.2, 0.25) is 0 Å². The van der Waals surface area contributed by atoms with Gasteiger partial charge in [0.05, 0.1) is 13.2 Å². The SMILES string of the molecule is CCCCOC(=O)C(Cl)CCCCC(Cl)C(=O)OCCCC. The summed E-state index contributed by atoms with van der Waals surface area (Å²) in [5, 5.41) is -1.25. The van der Waals surface area contributed by atoms with Crippen molar-refractivity contribution in [3.63, 3.8) is 0 Å². The van der Waals surface area contributed by atoms with Crippen molar-refractivity contribution in [3.8, 4) is 0 Å². The first-order valence-electron chi connectivity index (χ1n) is 8.14. The van der Waals surface area contributed by atoms with Gasteiger partial charge >= 0.3 is 11.9 Å². The lowest BCUT2D eigenvalue weighted by atomic mass is 10.1. The molecule has 0 bridgehead atoms. The predicted octanol–water partition coefficient (Wildman–Crippen LogP) is 4.45. The molecule has 0 aromatic carbocycles. The standard InChI is InChI=1S/C16H28Cl2O4/c1-3-5-11-21-15(19)13(17)9-7-8-10-14(18)16(20)22-12-6-4-2/h13-14H,3-12H2,1-2H3. The summed E-state index contributed by atoms with van der Waals surface area (Å²) in [6, 6.07) is 0. The highest BCUT2D eigenvalue weighted by atomic mass is 35.5. The molecule has 0 aliphatic carbocycles. The third-order valence-electron chi connectivity index (χ3n) is 3.16. The van der Waals surface area contributed by atoms with E-state index in [1.807, 2.05) is 13.8 Å². The highest BCUT2D eigenvalue weighted by molar-refractivity contribution is 6.30. The average Bonchev–Trinajstić information content (AvgIpc) is 2.51. The van der Waals surface area contributed by atoms with Crippen LogP contribution in [0, 0.1) is 0 Å². The van der Waals surface area contributed by atoms with Gasteiger partial charge in [0.25, 0.3) is 0 Å². The lowest BCUT2D eigenvalue weighted by Gasteiger charge is -2.11. The molecule has 22 heavy (non-hydrogen) atoms. The molecule has 2 unspecified atom stereocenters. The topological polar surface area (TPSA) is 52.6 Å². The van der Waals surface area contributed by atoms with E-state index in [0.29, 0.717) is 26.1 Å². The Morgan fingerprint density at radius 1 is 0.773 bits per heavy atom. The molecule has 0 heterocycles. The first-order chi connectivity index (χ1) is 10.5. The van der Waals surface area contributed by atoms with Crippen molar-refractivity contribution in [1.82, 2.24) is 0 Å². The third-order valence-corrected chi connectivity index (χ3v) is 3.95. The summed E-state index contributed by atoms with van der Waals surface area (Å²) in [5.41, 5.74) is 0. The van der Waals surface area contributed by atoms with Crippen molar-refractivity contribution >= 4 is 35.1 Å². The second-order valence-corrected chi connectivity index (χ2v) is 6.32. The summed E-state index contributed by atoms with van der Waals surface area (Å²) < 4.78 is 10.1. The Hall–Kier alpha value is -0.480. The van der Waals surface area contributed by atoms with Crippen LogP contribution in [0.25, 0.3) is 0 Å². The monoisotopic (exact) mass is 354 g/mol. The Kier molecular flexibility index (Phi) is 13.8. The van der Waals surface area contributed by atoms with E-state index >= 15 is 0 Å². The number of ether oxygens (including phenoxy) is 2. The normalized spacial score (nSPS) is 13.5. The van der Waals surface area contributed by atoms with E-state index < -0.39 is 10.8 Å². The number of unbranched alkanes of at least 4 members (excludes halogenated alkanes) is 3. The molecule has 0 amide bonds. The molecule has 0 aromatic rings. The van der Waals surface area contributed by atoms with Crippen LogP contribution < -0.4 is 0 Å². The van der Waals surface area contributed by atoms with Crippen LogP contribution in [0.5, 0.6) is 0 Å². The maximum atomic E-state index is 11.5. The van der Waals surface area contributed by atoms with Gasteiger partial charge in [-0.05, 0) is 25.7 Å². The molecule has 0 radical (unpaired) electrons. The lowest BCUT2D eigenvalue weighted by Crippen LogP contribution is -2.20. The van der Waals surface area contributed by atoms with Crippen molar-refractivity contribution in [3.05, 3.63) is 0 Å². The largest absolute Gasteiger partial charge is 0.465 e. The summed E-state index contributed by atoms with van der Waals surface area (Å²) >= 11 is 11.9. The Morgan fingerprint density at radius 3 is 1.45 bits per heavy atom. The summed E-state index contributed by atoms with van der Waals surface area (Å²) in [4.78, 5) is 23.1. The van der Waals surface area contributed by atoms with Gasteiger partial charge < -0.3 is 9.47 Å². The van der Waals surface area contributed by atoms with Crippen molar-refractivity contribution in [1.29, 1.82) is 0 Å². The van der Waals surface area contributed by atoms with E-state index in [0.717, 1.165) is 38.5 Å². The molecule has 0 saturated carbocycles. The smallest absolute Gasteiger partial charge is 0.324 e. The van der Waals surface area contributed by atoms with E-state index in [9.17, 15) is 9.59 Å². The van der Waals surface area contributed by atoms with E-state index in [4.69, 9.17) is 32.7 Å². The van der Waals surface area contributed by atoms with Crippen molar-refractivity contribution < 1.29 is 19.1 Å². The van der Waals surface area contributed by atoms with Crippen LogP contribution in [-0.2, 0) is 19.1 Å². The first kappa shape index (κ1) is 21.5. The molecule has 0 aliphatic heterocycles. The van der Waals surface area contributed by atoms with Crippen LogP contribution in [0.15, 0.2) is 0 Å². The van der Waals surface area contributed by atoms with Crippen LogP contribution >= 0.6 is 23.2 Å². The number of esters is 2. The van der Waals surface area contributed by atoms with E-state index in [1.165, 1.54) is 0 Å². The fourth-order valence-corrected chi connectivity index (χ4v) is 2.13. The zero-order chi connectivity index (χ0) is 16.8. The Morgan fingerprint density at radius 2 is 1.14 bits per heavy atom. The molecule has 0 saturated heterocycles. The molecule has 6 heteroatoms. The van der Waals surface area contributed by atoms with Gasteiger partial charge in [-0.2, -0.15) is 0 Å². The van der Waals surface area contributed by atoms with E-state index in [2.05, 4.69) is 0 Å². The maximum absolute atomic E-state index is 11.5. The quantitative estimate of drug-likeness (QED) is 0.278. The van der Waals surface area contributed by atoms with Crippen LogP contribution in [0.2, 0.25) is 0 Å². The molecule has 0 aromatic heterocycles. The molecule has 130 valence electrons. The maximum Gasteiger partial charge on any atom is 0.324 e. The molecule has 4 nitrogen and oxygen atoms in total. The number of carbonyl (C=O) groups excluding carboxylic acids is 2. The van der Waals surface area contributed by atoms with Crippen LogP contribution in [0.4, 0.5) is 0 Å². The first-order valence-corrected chi connectivity index (χ1v) is 9.01. The molecule has 2 atom stereocenters. The number of halogens is 2. The lowest BCUT2D eigenvalue weighted by molar-refractivity contribution is -0.144. The molecule has 0 rings (SSSR count). The Labute approximate surface area is 143 Å². The Bertz CT molecular complexity index is 281. The fraction of sp³-hybridized carbons (Fsp3) is 0.875. The minimum Gasteiger partial charge on any atom is -0.465 e.